The average molecular weight is 222 g/mol. The van der Waals surface area contributed by atoms with Crippen molar-refractivity contribution in [3.63, 3.8) is 0 Å². The molecule has 2 heterocycles. The lowest BCUT2D eigenvalue weighted by atomic mass is 10.1. The van der Waals surface area contributed by atoms with E-state index in [4.69, 9.17) is 4.42 Å². The van der Waals surface area contributed by atoms with E-state index in [-0.39, 0.29) is 0 Å². The van der Waals surface area contributed by atoms with Crippen molar-refractivity contribution in [1.82, 2.24) is 10.2 Å². The van der Waals surface area contributed by atoms with E-state index in [1.54, 1.807) is 6.26 Å². The third-order valence-electron chi connectivity index (χ3n) is 3.46. The lowest BCUT2D eigenvalue weighted by Gasteiger charge is -2.41. The molecule has 3 unspecified atom stereocenters. The maximum absolute atomic E-state index is 5.41. The molecule has 2 rings (SSSR count). The molecule has 3 heteroatoms. The van der Waals surface area contributed by atoms with Gasteiger partial charge < -0.3 is 9.73 Å². The number of rotatable bonds is 3. The summed E-state index contributed by atoms with van der Waals surface area (Å²) in [5.74, 6) is 1.09. The number of hydrogen-bond donors (Lipinski definition) is 1. The highest BCUT2D eigenvalue weighted by molar-refractivity contribution is 5.01. The molecule has 0 aromatic carbocycles. The first-order valence-electron chi connectivity index (χ1n) is 6.18. The first-order valence-corrected chi connectivity index (χ1v) is 6.18. The molecule has 1 aliphatic heterocycles. The fourth-order valence-corrected chi connectivity index (χ4v) is 2.50. The second-order valence-corrected chi connectivity index (χ2v) is 4.99. The zero-order valence-electron chi connectivity index (χ0n) is 10.4. The van der Waals surface area contributed by atoms with Crippen LogP contribution in [0.25, 0.3) is 0 Å². The van der Waals surface area contributed by atoms with E-state index in [1.807, 2.05) is 6.07 Å². The number of nitrogens with zero attached hydrogens (tertiary/aromatic N) is 1. The molecule has 1 fully saturated rings. The summed E-state index contributed by atoms with van der Waals surface area (Å²) in [6.07, 6.45) is 2.76. The van der Waals surface area contributed by atoms with Crippen LogP contribution in [0.4, 0.5) is 0 Å². The van der Waals surface area contributed by atoms with E-state index in [1.165, 1.54) is 0 Å². The van der Waals surface area contributed by atoms with Crippen LogP contribution in [0.15, 0.2) is 22.8 Å². The molecule has 1 aliphatic rings. The van der Waals surface area contributed by atoms with Gasteiger partial charge in [-0.1, -0.05) is 0 Å². The van der Waals surface area contributed by atoms with Crippen LogP contribution in [-0.2, 0) is 6.42 Å². The summed E-state index contributed by atoms with van der Waals surface area (Å²) < 4.78 is 5.41. The molecular weight excluding hydrogens is 200 g/mol. The summed E-state index contributed by atoms with van der Waals surface area (Å²) in [6, 6.07) is 5.78. The molecule has 0 amide bonds. The van der Waals surface area contributed by atoms with Gasteiger partial charge in [0.05, 0.1) is 6.26 Å². The molecule has 16 heavy (non-hydrogen) atoms. The minimum Gasteiger partial charge on any atom is -0.469 e. The lowest BCUT2D eigenvalue weighted by Crippen LogP contribution is -2.57. The van der Waals surface area contributed by atoms with Crippen molar-refractivity contribution in [3.05, 3.63) is 24.2 Å². The van der Waals surface area contributed by atoms with E-state index in [2.05, 4.69) is 37.1 Å². The lowest BCUT2D eigenvalue weighted by molar-refractivity contribution is 0.100. The summed E-state index contributed by atoms with van der Waals surface area (Å²) in [5, 5.41) is 3.51. The highest BCUT2D eigenvalue weighted by Crippen LogP contribution is 2.15. The van der Waals surface area contributed by atoms with E-state index >= 15 is 0 Å². The summed E-state index contributed by atoms with van der Waals surface area (Å²) in [5.41, 5.74) is 0. The molecule has 0 radical (unpaired) electrons. The number of piperazine rings is 1. The Balaban J connectivity index is 1.94. The fourth-order valence-electron chi connectivity index (χ4n) is 2.50. The first kappa shape index (κ1) is 11.7. The van der Waals surface area contributed by atoms with Gasteiger partial charge in [-0.3, -0.25) is 4.90 Å². The Morgan fingerprint density at radius 1 is 1.56 bits per heavy atom. The minimum atomic E-state index is 0.547. The van der Waals surface area contributed by atoms with Gasteiger partial charge >= 0.3 is 0 Å². The van der Waals surface area contributed by atoms with Gasteiger partial charge in [-0.05, 0) is 32.9 Å². The van der Waals surface area contributed by atoms with Crippen molar-refractivity contribution < 1.29 is 4.42 Å². The largest absolute Gasteiger partial charge is 0.469 e. The minimum absolute atomic E-state index is 0.547. The zero-order chi connectivity index (χ0) is 11.5. The van der Waals surface area contributed by atoms with Crippen LogP contribution in [0, 0.1) is 0 Å². The zero-order valence-corrected chi connectivity index (χ0v) is 10.4. The van der Waals surface area contributed by atoms with Crippen LogP contribution in [0.1, 0.15) is 26.5 Å². The van der Waals surface area contributed by atoms with Gasteiger partial charge in [-0.25, -0.2) is 0 Å². The van der Waals surface area contributed by atoms with Gasteiger partial charge in [0, 0.05) is 37.6 Å². The molecule has 0 bridgehead atoms. The highest BCUT2D eigenvalue weighted by atomic mass is 16.3. The molecule has 0 saturated carbocycles. The molecule has 1 aromatic heterocycles. The first-order chi connectivity index (χ1) is 7.66. The Kier molecular flexibility index (Phi) is 3.66. The van der Waals surface area contributed by atoms with Crippen molar-refractivity contribution >= 4 is 0 Å². The highest BCUT2D eigenvalue weighted by Gasteiger charge is 2.26. The van der Waals surface area contributed by atoms with Gasteiger partial charge in [0.15, 0.2) is 0 Å². The van der Waals surface area contributed by atoms with Crippen molar-refractivity contribution in [2.45, 2.75) is 45.3 Å². The summed E-state index contributed by atoms with van der Waals surface area (Å²) in [4.78, 5) is 2.57. The molecule has 0 aliphatic carbocycles. The van der Waals surface area contributed by atoms with Crippen molar-refractivity contribution in [2.75, 3.05) is 13.1 Å². The van der Waals surface area contributed by atoms with E-state index in [0.717, 1.165) is 25.3 Å². The van der Waals surface area contributed by atoms with E-state index in [0.29, 0.717) is 18.1 Å². The van der Waals surface area contributed by atoms with Gasteiger partial charge in [-0.15, -0.1) is 0 Å². The number of furan rings is 1. The summed E-state index contributed by atoms with van der Waals surface area (Å²) >= 11 is 0. The normalized spacial score (nSPS) is 29.2. The Bertz CT molecular complexity index is 310. The second kappa shape index (κ2) is 5.02. The standard InChI is InChI=1S/C13H22N2O/c1-10-9-15(12(3)8-14-10)11(2)7-13-5-4-6-16-13/h4-6,10-12,14H,7-9H2,1-3H3. The van der Waals surface area contributed by atoms with Crippen LogP contribution in [0.3, 0.4) is 0 Å². The molecule has 0 spiro atoms. The van der Waals surface area contributed by atoms with Crippen LogP contribution in [0.5, 0.6) is 0 Å². The molecule has 3 nitrogen and oxygen atoms in total. The third kappa shape index (κ3) is 2.66. The fraction of sp³-hybridized carbons (Fsp3) is 0.692. The predicted molar refractivity (Wildman–Crippen MR) is 65.5 cm³/mol. The molecule has 1 aromatic rings. The summed E-state index contributed by atoms with van der Waals surface area (Å²) in [7, 11) is 0. The van der Waals surface area contributed by atoms with E-state index < -0.39 is 0 Å². The maximum atomic E-state index is 5.41. The predicted octanol–water partition coefficient (Wildman–Crippen LogP) is 1.89. The summed E-state index contributed by atoms with van der Waals surface area (Å²) in [6.45, 7) is 9.04. The van der Waals surface area contributed by atoms with Crippen LogP contribution < -0.4 is 5.32 Å². The average Bonchev–Trinajstić information content (AvgIpc) is 2.74. The number of hydrogen-bond acceptors (Lipinski definition) is 3. The number of nitrogens with one attached hydrogen (secondary N) is 1. The van der Waals surface area contributed by atoms with Gasteiger partial charge in [0.1, 0.15) is 5.76 Å². The van der Waals surface area contributed by atoms with Gasteiger partial charge in [0.25, 0.3) is 0 Å². The van der Waals surface area contributed by atoms with Crippen LogP contribution >= 0.6 is 0 Å². The Morgan fingerprint density at radius 2 is 2.38 bits per heavy atom. The monoisotopic (exact) mass is 222 g/mol. The molecule has 3 atom stereocenters. The third-order valence-corrected chi connectivity index (χ3v) is 3.46. The van der Waals surface area contributed by atoms with Gasteiger partial charge in [-0.2, -0.15) is 0 Å². The topological polar surface area (TPSA) is 28.4 Å². The SMILES string of the molecule is CC1CN(C(C)Cc2ccco2)C(C)CN1. The van der Waals surface area contributed by atoms with Crippen LogP contribution in [0.2, 0.25) is 0 Å². The maximum Gasteiger partial charge on any atom is 0.105 e. The smallest absolute Gasteiger partial charge is 0.105 e. The molecule has 90 valence electrons. The molecule has 1 saturated heterocycles. The van der Waals surface area contributed by atoms with E-state index in [9.17, 15) is 0 Å². The quantitative estimate of drug-likeness (QED) is 0.846. The Morgan fingerprint density at radius 3 is 3.06 bits per heavy atom. The van der Waals surface area contributed by atoms with Crippen molar-refractivity contribution in [2.24, 2.45) is 0 Å². The van der Waals surface area contributed by atoms with Crippen molar-refractivity contribution in [1.29, 1.82) is 0 Å². The van der Waals surface area contributed by atoms with Crippen molar-refractivity contribution in [3.8, 4) is 0 Å². The second-order valence-electron chi connectivity index (χ2n) is 4.99. The van der Waals surface area contributed by atoms with Gasteiger partial charge in [0.2, 0.25) is 0 Å². The molecule has 1 N–H and O–H groups in total. The van der Waals surface area contributed by atoms with Crippen LogP contribution in [-0.4, -0.2) is 36.1 Å². The Labute approximate surface area is 97.8 Å². The Hall–Kier alpha value is -0.800. The molecular formula is C13H22N2O.